The summed E-state index contributed by atoms with van der Waals surface area (Å²) in [5.74, 6) is -1.54. The minimum absolute atomic E-state index is 0.0180. The van der Waals surface area contributed by atoms with Crippen molar-refractivity contribution < 1.29 is 19.5 Å². The third-order valence-electron chi connectivity index (χ3n) is 4.66. The molecule has 2 rings (SSSR count). The van der Waals surface area contributed by atoms with Gasteiger partial charge in [0.05, 0.1) is 12.5 Å². The van der Waals surface area contributed by atoms with Gasteiger partial charge in [-0.2, -0.15) is 0 Å². The third kappa shape index (κ3) is 5.91. The lowest BCUT2D eigenvalue weighted by atomic mass is 9.86. The van der Waals surface area contributed by atoms with E-state index in [-0.39, 0.29) is 23.7 Å². The van der Waals surface area contributed by atoms with E-state index in [2.05, 4.69) is 26.1 Å². The van der Waals surface area contributed by atoms with E-state index in [1.54, 1.807) is 38.4 Å². The number of carbonyl (C=O) groups is 3. The van der Waals surface area contributed by atoms with Crippen molar-refractivity contribution in [3.8, 4) is 0 Å². The van der Waals surface area contributed by atoms with Crippen LogP contribution < -0.4 is 5.32 Å². The fourth-order valence-corrected chi connectivity index (χ4v) is 2.91. The van der Waals surface area contributed by atoms with Gasteiger partial charge in [0.2, 0.25) is 0 Å². The second-order valence-corrected chi connectivity index (χ2v) is 8.27. The number of carbonyl (C=O) groups excluding carboxylic acids is 2. The van der Waals surface area contributed by atoms with Crippen LogP contribution in [-0.2, 0) is 10.2 Å². The minimum Gasteiger partial charge on any atom is -0.481 e. The first kappa shape index (κ1) is 22.1. The number of amides is 2. The summed E-state index contributed by atoms with van der Waals surface area (Å²) in [6.07, 6.45) is -0.224. The van der Waals surface area contributed by atoms with Crippen molar-refractivity contribution in [2.75, 3.05) is 14.1 Å². The Morgan fingerprint density at radius 2 is 1.45 bits per heavy atom. The molecular weight excluding hydrogens is 368 g/mol. The molecule has 0 spiro atoms. The predicted molar refractivity (Wildman–Crippen MR) is 112 cm³/mol. The van der Waals surface area contributed by atoms with Gasteiger partial charge in [-0.1, -0.05) is 45.0 Å². The van der Waals surface area contributed by atoms with Crippen molar-refractivity contribution in [2.45, 2.75) is 38.6 Å². The summed E-state index contributed by atoms with van der Waals surface area (Å²) >= 11 is 0. The molecule has 154 valence electrons. The van der Waals surface area contributed by atoms with Crippen LogP contribution in [0.2, 0.25) is 0 Å². The zero-order valence-electron chi connectivity index (χ0n) is 17.5. The molecule has 2 aromatic rings. The van der Waals surface area contributed by atoms with Crippen LogP contribution in [-0.4, -0.2) is 41.9 Å². The Balaban J connectivity index is 2.20. The Kier molecular flexibility index (Phi) is 6.80. The number of nitrogens with zero attached hydrogens (tertiary/aromatic N) is 1. The molecule has 0 fully saturated rings. The Labute approximate surface area is 171 Å². The number of rotatable bonds is 6. The fraction of sp³-hybridized carbons (Fsp3) is 0.348. The molecule has 0 aliphatic carbocycles. The smallest absolute Gasteiger partial charge is 0.305 e. The summed E-state index contributed by atoms with van der Waals surface area (Å²) in [5.41, 5.74) is 2.68. The second-order valence-electron chi connectivity index (χ2n) is 8.27. The molecular formula is C23H28N2O4. The standard InChI is InChI=1S/C23H28N2O4/c1-23(2,3)18-12-10-15(11-13-18)19(14-20(26)27)24-21(28)16-6-8-17(9-7-16)22(29)25(4)5/h6-13,19H,14H2,1-5H3,(H,24,28)(H,26,27). The van der Waals surface area contributed by atoms with Gasteiger partial charge in [-0.05, 0) is 40.8 Å². The van der Waals surface area contributed by atoms with Gasteiger partial charge in [0.15, 0.2) is 0 Å². The lowest BCUT2D eigenvalue weighted by Crippen LogP contribution is -2.30. The molecule has 0 bridgehead atoms. The van der Waals surface area contributed by atoms with Crippen LogP contribution in [0.4, 0.5) is 0 Å². The van der Waals surface area contributed by atoms with E-state index in [9.17, 15) is 19.5 Å². The van der Waals surface area contributed by atoms with Crippen molar-refractivity contribution in [3.05, 3.63) is 70.8 Å². The molecule has 0 saturated carbocycles. The van der Waals surface area contributed by atoms with Crippen molar-refractivity contribution in [1.29, 1.82) is 0 Å². The van der Waals surface area contributed by atoms with E-state index in [0.717, 1.165) is 11.1 Å². The van der Waals surface area contributed by atoms with Crippen molar-refractivity contribution in [1.82, 2.24) is 10.2 Å². The zero-order valence-corrected chi connectivity index (χ0v) is 17.5. The van der Waals surface area contributed by atoms with Gasteiger partial charge in [-0.3, -0.25) is 14.4 Å². The topological polar surface area (TPSA) is 86.7 Å². The Bertz CT molecular complexity index is 879. The fourth-order valence-electron chi connectivity index (χ4n) is 2.91. The maximum atomic E-state index is 12.7. The molecule has 6 heteroatoms. The summed E-state index contributed by atoms with van der Waals surface area (Å²) < 4.78 is 0. The quantitative estimate of drug-likeness (QED) is 0.781. The average Bonchev–Trinajstić information content (AvgIpc) is 2.66. The third-order valence-corrected chi connectivity index (χ3v) is 4.66. The van der Waals surface area contributed by atoms with Crippen LogP contribution in [0.3, 0.4) is 0 Å². The van der Waals surface area contributed by atoms with Gasteiger partial charge >= 0.3 is 5.97 Å². The highest BCUT2D eigenvalue weighted by Gasteiger charge is 2.21. The van der Waals surface area contributed by atoms with Gasteiger partial charge in [-0.25, -0.2) is 0 Å². The molecule has 0 aliphatic heterocycles. The Morgan fingerprint density at radius 3 is 1.90 bits per heavy atom. The molecule has 0 aliphatic rings. The van der Waals surface area contributed by atoms with Crippen LogP contribution in [0, 0.1) is 0 Å². The van der Waals surface area contributed by atoms with Gasteiger partial charge in [0.1, 0.15) is 0 Å². The molecule has 0 aromatic heterocycles. The van der Waals surface area contributed by atoms with Gasteiger partial charge in [0.25, 0.3) is 11.8 Å². The predicted octanol–water partition coefficient (Wildman–Crippen LogP) is 3.63. The summed E-state index contributed by atoms with van der Waals surface area (Å²) in [5, 5.41) is 12.1. The van der Waals surface area contributed by atoms with E-state index < -0.39 is 12.0 Å². The number of aliphatic carboxylic acids is 1. The number of hydrogen-bond donors (Lipinski definition) is 2. The summed E-state index contributed by atoms with van der Waals surface area (Å²) in [6.45, 7) is 6.30. The number of carboxylic acids is 1. The van der Waals surface area contributed by atoms with Gasteiger partial charge in [-0.15, -0.1) is 0 Å². The van der Waals surface area contributed by atoms with Gasteiger partial charge in [0, 0.05) is 25.2 Å². The molecule has 2 N–H and O–H groups in total. The van der Waals surface area contributed by atoms with Crippen molar-refractivity contribution in [2.24, 2.45) is 0 Å². The van der Waals surface area contributed by atoms with E-state index in [1.807, 2.05) is 24.3 Å². The number of carboxylic acid groups (broad SMARTS) is 1. The zero-order chi connectivity index (χ0) is 21.8. The highest BCUT2D eigenvalue weighted by atomic mass is 16.4. The normalized spacial score (nSPS) is 12.2. The van der Waals surface area contributed by atoms with E-state index in [0.29, 0.717) is 11.1 Å². The SMILES string of the molecule is CN(C)C(=O)c1ccc(C(=O)NC(CC(=O)O)c2ccc(C(C)(C)C)cc2)cc1. The molecule has 0 saturated heterocycles. The van der Waals surface area contributed by atoms with E-state index in [4.69, 9.17) is 0 Å². The first-order chi connectivity index (χ1) is 13.5. The van der Waals surface area contributed by atoms with Gasteiger partial charge < -0.3 is 15.3 Å². The maximum Gasteiger partial charge on any atom is 0.305 e. The average molecular weight is 396 g/mol. The van der Waals surface area contributed by atoms with Crippen LogP contribution in [0.25, 0.3) is 0 Å². The van der Waals surface area contributed by atoms with Crippen LogP contribution >= 0.6 is 0 Å². The molecule has 0 heterocycles. The second kappa shape index (κ2) is 8.90. The monoisotopic (exact) mass is 396 g/mol. The van der Waals surface area contributed by atoms with Crippen LogP contribution in [0.5, 0.6) is 0 Å². The lowest BCUT2D eigenvalue weighted by Gasteiger charge is -2.22. The molecule has 6 nitrogen and oxygen atoms in total. The van der Waals surface area contributed by atoms with Crippen molar-refractivity contribution >= 4 is 17.8 Å². The molecule has 1 atom stereocenters. The summed E-state index contributed by atoms with van der Waals surface area (Å²) in [6, 6.07) is 13.3. The highest BCUT2D eigenvalue weighted by Crippen LogP contribution is 2.25. The number of benzene rings is 2. The largest absolute Gasteiger partial charge is 0.481 e. The minimum atomic E-state index is -0.998. The number of nitrogens with one attached hydrogen (secondary N) is 1. The first-order valence-corrected chi connectivity index (χ1v) is 9.44. The Morgan fingerprint density at radius 1 is 0.931 bits per heavy atom. The van der Waals surface area contributed by atoms with Crippen molar-refractivity contribution in [3.63, 3.8) is 0 Å². The number of hydrogen-bond acceptors (Lipinski definition) is 3. The molecule has 0 radical (unpaired) electrons. The van der Waals surface area contributed by atoms with E-state index in [1.165, 1.54) is 4.90 Å². The molecule has 2 amide bonds. The Hall–Kier alpha value is -3.15. The molecule has 29 heavy (non-hydrogen) atoms. The van der Waals surface area contributed by atoms with Crippen LogP contribution in [0.15, 0.2) is 48.5 Å². The molecule has 2 aromatic carbocycles. The maximum absolute atomic E-state index is 12.7. The summed E-state index contributed by atoms with van der Waals surface area (Å²) in [7, 11) is 3.31. The van der Waals surface area contributed by atoms with E-state index >= 15 is 0 Å². The lowest BCUT2D eigenvalue weighted by molar-refractivity contribution is -0.137. The highest BCUT2D eigenvalue weighted by molar-refractivity contribution is 5.97. The summed E-state index contributed by atoms with van der Waals surface area (Å²) in [4.78, 5) is 37.4. The first-order valence-electron chi connectivity index (χ1n) is 9.44. The molecule has 1 unspecified atom stereocenters. The van der Waals surface area contributed by atoms with Crippen LogP contribution in [0.1, 0.15) is 65.1 Å².